The minimum atomic E-state index is -2.21. The Morgan fingerprint density at radius 3 is 1.95 bits per heavy atom. The van der Waals surface area contributed by atoms with Gasteiger partial charge in [0.05, 0.1) is 0 Å². The molecule has 0 aromatic heterocycles. The first-order valence-corrected chi connectivity index (χ1v) is 17.6. The van der Waals surface area contributed by atoms with Crippen LogP contribution in [0, 0.1) is 0 Å². The molecular formula is C11H32O5Si4. The molecular weight excluding hydrogens is 324 g/mol. The van der Waals surface area contributed by atoms with Gasteiger partial charge in [-0.05, 0) is 57.8 Å². The van der Waals surface area contributed by atoms with Crippen LogP contribution in [0.5, 0.6) is 0 Å². The lowest BCUT2D eigenvalue weighted by molar-refractivity contribution is 0.289. The van der Waals surface area contributed by atoms with E-state index >= 15 is 0 Å². The third-order valence-electron chi connectivity index (χ3n) is 2.70. The molecule has 0 fully saturated rings. The summed E-state index contributed by atoms with van der Waals surface area (Å²) in [6.07, 6.45) is 0.796. The zero-order chi connectivity index (χ0) is 15.9. The van der Waals surface area contributed by atoms with Crippen LogP contribution in [0.4, 0.5) is 0 Å². The van der Waals surface area contributed by atoms with Crippen molar-refractivity contribution in [2.75, 3.05) is 13.2 Å². The van der Waals surface area contributed by atoms with Crippen molar-refractivity contribution < 1.29 is 22.6 Å². The van der Waals surface area contributed by atoms with Gasteiger partial charge < -0.3 is 22.6 Å². The molecule has 0 aromatic rings. The zero-order valence-electron chi connectivity index (χ0n) is 13.9. The quantitative estimate of drug-likeness (QED) is 0.434. The molecule has 5 nitrogen and oxygen atoms in total. The minimum Gasteiger partial charge on any atom is -0.442 e. The Hall–Kier alpha value is 0.668. The standard InChI is InChI=1S/C11H32O5Si4/c1-18(2,11-7-8-12)15-20(5,6)16-19(3,4)14-17-10-9-13/h12-13H,7-11,17H2,1-6H3. The summed E-state index contributed by atoms with van der Waals surface area (Å²) < 4.78 is 18.5. The summed E-state index contributed by atoms with van der Waals surface area (Å²) in [4.78, 5) is 0. The van der Waals surface area contributed by atoms with Gasteiger partial charge in [-0.2, -0.15) is 0 Å². The molecule has 2 N–H and O–H groups in total. The van der Waals surface area contributed by atoms with Gasteiger partial charge in [-0.15, -0.1) is 0 Å². The lowest BCUT2D eigenvalue weighted by Crippen LogP contribution is -2.53. The SMILES string of the molecule is C[Si](C)(CCCO)O[Si](C)(C)O[Si](C)(C)O[SiH2]CCO. The second-order valence-corrected chi connectivity index (χ2v) is 20.0. The normalized spacial score (nSPS) is 14.4. The van der Waals surface area contributed by atoms with E-state index in [1.807, 2.05) is 0 Å². The second kappa shape index (κ2) is 8.95. The highest BCUT2D eigenvalue weighted by Crippen LogP contribution is 2.24. The minimum absolute atomic E-state index is 0.204. The van der Waals surface area contributed by atoms with Gasteiger partial charge in [0.2, 0.25) is 0 Å². The molecule has 20 heavy (non-hydrogen) atoms. The maximum absolute atomic E-state index is 8.95. The third-order valence-corrected chi connectivity index (χ3v) is 16.6. The van der Waals surface area contributed by atoms with Crippen LogP contribution in [0.2, 0.25) is 51.4 Å². The van der Waals surface area contributed by atoms with Gasteiger partial charge in [-0.3, -0.25) is 0 Å². The number of aliphatic hydroxyl groups is 2. The van der Waals surface area contributed by atoms with Crippen LogP contribution in [0.25, 0.3) is 0 Å². The van der Waals surface area contributed by atoms with Gasteiger partial charge in [0, 0.05) is 13.2 Å². The Balaban J connectivity index is 4.40. The van der Waals surface area contributed by atoms with Gasteiger partial charge in [0.25, 0.3) is 0 Å². The molecule has 0 aromatic carbocycles. The van der Waals surface area contributed by atoms with Gasteiger partial charge in [0.15, 0.2) is 18.1 Å². The van der Waals surface area contributed by atoms with E-state index in [1.54, 1.807) is 0 Å². The number of hydrogen-bond donors (Lipinski definition) is 2. The second-order valence-electron chi connectivity index (χ2n) is 6.52. The smallest absolute Gasteiger partial charge is 0.312 e. The van der Waals surface area contributed by atoms with E-state index in [9.17, 15) is 0 Å². The van der Waals surface area contributed by atoms with Gasteiger partial charge in [-0.25, -0.2) is 0 Å². The van der Waals surface area contributed by atoms with Crippen LogP contribution < -0.4 is 0 Å². The first kappa shape index (κ1) is 20.7. The molecule has 0 rings (SSSR count). The van der Waals surface area contributed by atoms with Crippen molar-refractivity contribution in [3.8, 4) is 0 Å². The predicted octanol–water partition coefficient (Wildman–Crippen LogP) is 1.52. The van der Waals surface area contributed by atoms with Crippen LogP contribution in [0.15, 0.2) is 0 Å². The molecule has 0 radical (unpaired) electrons. The summed E-state index contributed by atoms with van der Waals surface area (Å²) in [7, 11) is -6.82. The molecule has 9 heteroatoms. The van der Waals surface area contributed by atoms with Crippen LogP contribution in [-0.4, -0.2) is 58.6 Å². The monoisotopic (exact) mass is 356 g/mol. The highest BCUT2D eigenvalue weighted by molar-refractivity contribution is 6.87. The lowest BCUT2D eigenvalue weighted by Gasteiger charge is -2.38. The fourth-order valence-corrected chi connectivity index (χ4v) is 17.7. The molecule has 0 aliphatic rings. The fraction of sp³-hybridized carbons (Fsp3) is 1.00. The first-order chi connectivity index (χ1) is 9.04. The Labute approximate surface area is 129 Å². The van der Waals surface area contributed by atoms with E-state index < -0.39 is 35.2 Å². The molecule has 0 bridgehead atoms. The Morgan fingerprint density at radius 1 is 0.850 bits per heavy atom. The lowest BCUT2D eigenvalue weighted by atomic mass is 10.5. The Kier molecular flexibility index (Phi) is 9.25. The van der Waals surface area contributed by atoms with E-state index in [-0.39, 0.29) is 13.2 Å². The summed E-state index contributed by atoms with van der Waals surface area (Å²) in [6.45, 7) is 13.0. The Bertz CT molecular complexity index is 274. The molecule has 0 saturated heterocycles. The van der Waals surface area contributed by atoms with E-state index in [2.05, 4.69) is 39.3 Å². The average molecular weight is 357 g/mol. The fourth-order valence-electron chi connectivity index (χ4n) is 2.25. The highest BCUT2D eigenvalue weighted by atomic mass is 28.5. The summed E-state index contributed by atoms with van der Waals surface area (Å²) >= 11 is 0. The molecule has 0 aliphatic carbocycles. The van der Waals surface area contributed by atoms with Crippen molar-refractivity contribution >= 4 is 35.2 Å². The summed E-state index contributed by atoms with van der Waals surface area (Å²) in [6, 6.07) is 1.73. The van der Waals surface area contributed by atoms with Crippen molar-refractivity contribution in [2.24, 2.45) is 0 Å². The van der Waals surface area contributed by atoms with Crippen LogP contribution >= 0.6 is 0 Å². The Morgan fingerprint density at radius 2 is 1.45 bits per heavy atom. The number of rotatable bonds is 11. The highest BCUT2D eigenvalue weighted by Gasteiger charge is 2.40. The number of aliphatic hydroxyl groups excluding tert-OH is 2. The van der Waals surface area contributed by atoms with E-state index in [4.69, 9.17) is 22.6 Å². The molecule has 122 valence electrons. The van der Waals surface area contributed by atoms with Crippen molar-refractivity contribution in [3.63, 3.8) is 0 Å². The molecule has 0 saturated carbocycles. The largest absolute Gasteiger partial charge is 0.442 e. The van der Waals surface area contributed by atoms with Crippen molar-refractivity contribution in [3.05, 3.63) is 0 Å². The summed E-state index contributed by atoms with van der Waals surface area (Å²) in [5, 5.41) is 17.8. The topological polar surface area (TPSA) is 68.2 Å². The van der Waals surface area contributed by atoms with E-state index in [1.165, 1.54) is 0 Å². The number of hydrogen-bond acceptors (Lipinski definition) is 5. The summed E-state index contributed by atoms with van der Waals surface area (Å²) in [5.74, 6) is 0. The zero-order valence-corrected chi connectivity index (χ0v) is 18.3. The summed E-state index contributed by atoms with van der Waals surface area (Å²) in [5.41, 5.74) is 0. The van der Waals surface area contributed by atoms with Crippen LogP contribution in [0.3, 0.4) is 0 Å². The maximum Gasteiger partial charge on any atom is 0.312 e. The van der Waals surface area contributed by atoms with Crippen molar-refractivity contribution in [1.82, 2.24) is 0 Å². The van der Waals surface area contributed by atoms with Gasteiger partial charge in [0.1, 0.15) is 0 Å². The molecule has 0 aliphatic heterocycles. The molecule has 0 atom stereocenters. The average Bonchev–Trinajstić information content (AvgIpc) is 2.23. The molecule has 0 unspecified atom stereocenters. The van der Waals surface area contributed by atoms with Gasteiger partial charge in [-0.1, -0.05) is 0 Å². The van der Waals surface area contributed by atoms with E-state index in [0.717, 1.165) is 18.5 Å². The van der Waals surface area contributed by atoms with Crippen LogP contribution in [-0.2, 0) is 12.3 Å². The molecule has 0 spiro atoms. The third kappa shape index (κ3) is 10.4. The maximum atomic E-state index is 8.95. The van der Waals surface area contributed by atoms with Gasteiger partial charge >= 0.3 is 17.1 Å². The van der Waals surface area contributed by atoms with Crippen molar-refractivity contribution in [1.29, 1.82) is 0 Å². The predicted molar refractivity (Wildman–Crippen MR) is 92.6 cm³/mol. The van der Waals surface area contributed by atoms with E-state index in [0.29, 0.717) is 0 Å². The molecule has 0 heterocycles. The van der Waals surface area contributed by atoms with Crippen LogP contribution in [0.1, 0.15) is 6.42 Å². The van der Waals surface area contributed by atoms with Crippen molar-refractivity contribution in [2.45, 2.75) is 57.8 Å². The molecule has 0 amide bonds. The first-order valence-electron chi connectivity index (χ1n) is 7.30.